The van der Waals surface area contributed by atoms with Gasteiger partial charge in [0.15, 0.2) is 0 Å². The Bertz CT molecular complexity index is 1080. The number of hydrogen-bond donors (Lipinski definition) is 0. The van der Waals surface area contributed by atoms with Gasteiger partial charge in [0.1, 0.15) is 22.0 Å². The first kappa shape index (κ1) is 19.2. The smallest absolute Gasteiger partial charge is 0.331 e. The van der Waals surface area contributed by atoms with Gasteiger partial charge in [-0.1, -0.05) is 12.1 Å². The van der Waals surface area contributed by atoms with Crippen LogP contribution in [-0.4, -0.2) is 22.1 Å². The zero-order valence-corrected chi connectivity index (χ0v) is 16.7. The van der Waals surface area contributed by atoms with Gasteiger partial charge in [0.25, 0.3) is 5.56 Å². The third kappa shape index (κ3) is 3.16. The molecule has 0 saturated carbocycles. The fraction of sp³-hybridized carbons (Fsp3) is 0.350. The predicted octanol–water partition coefficient (Wildman–Crippen LogP) is 4.18. The number of halogens is 1. The van der Waals surface area contributed by atoms with E-state index >= 15 is 0 Å². The molecular formula is C20H21FN2O3S. The second kappa shape index (κ2) is 6.88. The number of carbonyl (C=O) groups excluding carboxylic acids is 1. The number of benzene rings is 1. The van der Waals surface area contributed by atoms with Gasteiger partial charge in [0, 0.05) is 10.4 Å². The fourth-order valence-electron chi connectivity index (χ4n) is 3.28. The number of aromatic nitrogens is 2. The monoisotopic (exact) mass is 388 g/mol. The molecule has 0 aliphatic rings. The summed E-state index contributed by atoms with van der Waals surface area (Å²) in [6.45, 7) is 8.84. The molecule has 3 rings (SSSR count). The summed E-state index contributed by atoms with van der Waals surface area (Å²) in [5.74, 6) is -0.394. The van der Waals surface area contributed by atoms with E-state index in [0.29, 0.717) is 16.0 Å². The minimum atomic E-state index is -1.20. The zero-order valence-electron chi connectivity index (χ0n) is 15.9. The summed E-state index contributed by atoms with van der Waals surface area (Å²) in [5, 5.41) is 0.437. The molecule has 0 unspecified atom stereocenters. The standard InChI is InChI=1S/C20H21FN2O3S/c1-6-26-19(25)20(4,5)23-12(3)22-17-16(18(23)24)15(11(2)27-17)13-7-9-14(21)10-8-13/h7-10H,6H2,1-5H3. The Morgan fingerprint density at radius 2 is 1.89 bits per heavy atom. The largest absolute Gasteiger partial charge is 0.464 e. The summed E-state index contributed by atoms with van der Waals surface area (Å²) in [7, 11) is 0. The van der Waals surface area contributed by atoms with Gasteiger partial charge in [-0.2, -0.15) is 0 Å². The molecule has 1 aromatic carbocycles. The number of esters is 1. The Morgan fingerprint density at radius 3 is 2.48 bits per heavy atom. The molecule has 5 nitrogen and oxygen atoms in total. The first-order valence-corrected chi connectivity index (χ1v) is 9.46. The van der Waals surface area contributed by atoms with Crippen LogP contribution in [0.4, 0.5) is 4.39 Å². The normalized spacial score (nSPS) is 11.8. The van der Waals surface area contributed by atoms with Gasteiger partial charge in [-0.25, -0.2) is 14.2 Å². The minimum Gasteiger partial charge on any atom is -0.464 e. The molecular weight excluding hydrogens is 367 g/mol. The lowest BCUT2D eigenvalue weighted by atomic mass is 10.0. The lowest BCUT2D eigenvalue weighted by Crippen LogP contribution is -2.45. The number of nitrogens with zero attached hydrogens (tertiary/aromatic N) is 2. The number of thiophene rings is 1. The van der Waals surface area contributed by atoms with E-state index in [1.807, 2.05) is 6.92 Å². The second-order valence-electron chi connectivity index (χ2n) is 6.80. The molecule has 0 aliphatic carbocycles. The Kier molecular flexibility index (Phi) is 4.90. The van der Waals surface area contributed by atoms with Crippen molar-refractivity contribution in [3.05, 3.63) is 51.1 Å². The average molecular weight is 388 g/mol. The number of rotatable bonds is 4. The van der Waals surface area contributed by atoms with Gasteiger partial charge in [-0.3, -0.25) is 9.36 Å². The van der Waals surface area contributed by atoms with Crippen LogP contribution in [0.15, 0.2) is 29.1 Å². The van der Waals surface area contributed by atoms with Crippen molar-refractivity contribution in [3.63, 3.8) is 0 Å². The molecule has 0 saturated heterocycles. The highest BCUT2D eigenvalue weighted by Crippen LogP contribution is 2.36. The quantitative estimate of drug-likeness (QED) is 0.629. The van der Waals surface area contributed by atoms with E-state index in [2.05, 4.69) is 4.98 Å². The number of fused-ring (bicyclic) bond motifs is 1. The molecule has 142 valence electrons. The van der Waals surface area contributed by atoms with E-state index in [4.69, 9.17) is 4.74 Å². The molecule has 0 bridgehead atoms. The molecule has 0 aliphatic heterocycles. The summed E-state index contributed by atoms with van der Waals surface area (Å²) in [6, 6.07) is 6.01. The Morgan fingerprint density at radius 1 is 1.26 bits per heavy atom. The van der Waals surface area contributed by atoms with Crippen LogP contribution in [0.25, 0.3) is 21.3 Å². The lowest BCUT2D eigenvalue weighted by Gasteiger charge is -2.26. The van der Waals surface area contributed by atoms with Crippen molar-refractivity contribution >= 4 is 27.5 Å². The Hall–Kier alpha value is -2.54. The van der Waals surface area contributed by atoms with Crippen LogP contribution >= 0.6 is 11.3 Å². The maximum absolute atomic E-state index is 13.4. The van der Waals surface area contributed by atoms with Gasteiger partial charge in [0.2, 0.25) is 0 Å². The van der Waals surface area contributed by atoms with E-state index < -0.39 is 11.5 Å². The van der Waals surface area contributed by atoms with Crippen LogP contribution in [-0.2, 0) is 15.1 Å². The van der Waals surface area contributed by atoms with E-state index in [-0.39, 0.29) is 18.0 Å². The van der Waals surface area contributed by atoms with Crippen molar-refractivity contribution in [2.75, 3.05) is 6.61 Å². The molecule has 3 aromatic rings. The highest BCUT2D eigenvalue weighted by atomic mass is 32.1. The molecule has 0 radical (unpaired) electrons. The fourth-order valence-corrected chi connectivity index (χ4v) is 4.37. The number of aryl methyl sites for hydroxylation is 2. The third-order valence-electron chi connectivity index (χ3n) is 4.54. The van der Waals surface area contributed by atoms with Crippen molar-refractivity contribution in [1.29, 1.82) is 0 Å². The number of ether oxygens (including phenoxy) is 1. The third-order valence-corrected chi connectivity index (χ3v) is 5.54. The van der Waals surface area contributed by atoms with Crippen LogP contribution in [0.2, 0.25) is 0 Å². The van der Waals surface area contributed by atoms with Gasteiger partial charge in [-0.15, -0.1) is 11.3 Å². The minimum absolute atomic E-state index is 0.226. The van der Waals surface area contributed by atoms with E-state index in [0.717, 1.165) is 16.0 Å². The molecule has 0 fully saturated rings. The van der Waals surface area contributed by atoms with Crippen LogP contribution in [0.5, 0.6) is 0 Å². The Balaban J connectivity index is 2.33. The van der Waals surface area contributed by atoms with Crippen LogP contribution in [0.1, 0.15) is 31.5 Å². The average Bonchev–Trinajstić information content (AvgIpc) is 2.91. The van der Waals surface area contributed by atoms with Gasteiger partial charge in [-0.05, 0) is 52.3 Å². The molecule has 0 atom stereocenters. The molecule has 7 heteroatoms. The number of carbonyl (C=O) groups is 1. The first-order valence-electron chi connectivity index (χ1n) is 8.64. The van der Waals surface area contributed by atoms with Crippen LogP contribution in [0, 0.1) is 19.7 Å². The van der Waals surface area contributed by atoms with Crippen molar-refractivity contribution in [2.24, 2.45) is 0 Å². The zero-order chi connectivity index (χ0) is 19.9. The van der Waals surface area contributed by atoms with E-state index in [1.54, 1.807) is 39.8 Å². The number of hydrogen-bond acceptors (Lipinski definition) is 5. The Labute approximate surface area is 160 Å². The maximum atomic E-state index is 13.4. The molecule has 27 heavy (non-hydrogen) atoms. The van der Waals surface area contributed by atoms with Gasteiger partial charge >= 0.3 is 5.97 Å². The first-order chi connectivity index (χ1) is 12.7. The molecule has 2 aromatic heterocycles. The van der Waals surface area contributed by atoms with E-state index in [9.17, 15) is 14.0 Å². The highest BCUT2D eigenvalue weighted by Gasteiger charge is 2.35. The van der Waals surface area contributed by atoms with Gasteiger partial charge < -0.3 is 4.74 Å². The summed E-state index contributed by atoms with van der Waals surface area (Å²) in [6.07, 6.45) is 0. The summed E-state index contributed by atoms with van der Waals surface area (Å²) in [4.78, 5) is 32.0. The van der Waals surface area contributed by atoms with Crippen LogP contribution in [0.3, 0.4) is 0 Å². The van der Waals surface area contributed by atoms with Crippen molar-refractivity contribution in [1.82, 2.24) is 9.55 Å². The lowest BCUT2D eigenvalue weighted by molar-refractivity contribution is -0.152. The van der Waals surface area contributed by atoms with Crippen molar-refractivity contribution in [2.45, 2.75) is 40.2 Å². The van der Waals surface area contributed by atoms with Crippen molar-refractivity contribution < 1.29 is 13.9 Å². The summed E-state index contributed by atoms with van der Waals surface area (Å²) in [5.41, 5.74) is -0.0441. The van der Waals surface area contributed by atoms with Gasteiger partial charge in [0.05, 0.1) is 12.0 Å². The van der Waals surface area contributed by atoms with Crippen molar-refractivity contribution in [3.8, 4) is 11.1 Å². The molecule has 2 heterocycles. The molecule has 0 spiro atoms. The van der Waals surface area contributed by atoms with Crippen LogP contribution < -0.4 is 5.56 Å². The molecule has 0 amide bonds. The summed E-state index contributed by atoms with van der Waals surface area (Å²) < 4.78 is 19.9. The maximum Gasteiger partial charge on any atom is 0.331 e. The molecule has 0 N–H and O–H groups in total. The SMILES string of the molecule is CCOC(=O)C(C)(C)n1c(C)nc2sc(C)c(-c3ccc(F)cc3)c2c1=O. The predicted molar refractivity (Wildman–Crippen MR) is 105 cm³/mol. The summed E-state index contributed by atoms with van der Waals surface area (Å²) >= 11 is 1.41. The second-order valence-corrected chi connectivity index (χ2v) is 8.00. The topological polar surface area (TPSA) is 61.2 Å². The highest BCUT2D eigenvalue weighted by molar-refractivity contribution is 7.19. The van der Waals surface area contributed by atoms with E-state index in [1.165, 1.54) is 28.0 Å².